The molecule has 0 aliphatic heterocycles. The minimum Gasteiger partial charge on any atom is -0.870 e. The summed E-state index contributed by atoms with van der Waals surface area (Å²) in [6, 6.07) is 0. The fraction of sp³-hybridized carbons (Fsp3) is 1.00. The third kappa shape index (κ3) is 34.2. The first-order chi connectivity index (χ1) is 16.5. The Bertz CT molecular complexity index is 438. The van der Waals surface area contributed by atoms with Gasteiger partial charge in [0.25, 0.3) is 0 Å². The molecule has 0 saturated carbocycles. The number of quaternary nitrogens is 1. The van der Waals surface area contributed by atoms with Gasteiger partial charge in [-0.15, -0.1) is 4.52 Å². The second-order valence-electron chi connectivity index (χ2n) is 10.6. The number of hydrogen-bond acceptors (Lipinski definition) is 6. The highest BCUT2D eigenvalue weighted by molar-refractivity contribution is 7.99. The molecule has 0 amide bonds. The van der Waals surface area contributed by atoms with Gasteiger partial charge in [-0.3, -0.25) is 0 Å². The van der Waals surface area contributed by atoms with Crippen LogP contribution in [-0.4, -0.2) is 62.4 Å². The third-order valence-corrected chi connectivity index (χ3v) is 7.72. The van der Waals surface area contributed by atoms with Crippen LogP contribution in [-0.2, 0) is 18.7 Å². The molecule has 0 aromatic heterocycles. The average Bonchev–Trinajstić information content (AvgIpc) is 2.79. The minimum absolute atomic E-state index is 0. The molecule has 1 atom stereocenters. The molecule has 0 heterocycles. The molecule has 0 saturated heterocycles. The number of nitrogens with zero attached hydrogens (tertiary/aromatic N) is 1. The van der Waals surface area contributed by atoms with Crippen LogP contribution < -0.4 is 0 Å². The summed E-state index contributed by atoms with van der Waals surface area (Å²) in [5.74, 6) is 2.27. The highest BCUT2D eigenvalue weighted by Crippen LogP contribution is 2.24. The second kappa shape index (κ2) is 28.8. The minimum atomic E-state index is -2.16. The molecule has 0 fully saturated rings. The summed E-state index contributed by atoms with van der Waals surface area (Å²) in [4.78, 5) is 4.96. The van der Waals surface area contributed by atoms with Crippen molar-refractivity contribution in [2.24, 2.45) is 0 Å². The van der Waals surface area contributed by atoms with Crippen molar-refractivity contribution < 1.29 is 28.6 Å². The van der Waals surface area contributed by atoms with E-state index < -0.39 is 8.25 Å². The van der Waals surface area contributed by atoms with E-state index in [9.17, 15) is 4.57 Å². The second-order valence-corrected chi connectivity index (χ2v) is 12.7. The molecule has 0 rings (SSSR count). The zero-order valence-electron chi connectivity index (χ0n) is 23.6. The molecule has 6 nitrogen and oxygen atoms in total. The molecule has 1 N–H and O–H groups in total. The normalized spacial score (nSPS) is 12.1. The first-order valence-corrected chi connectivity index (χ1v) is 16.5. The van der Waals surface area contributed by atoms with Crippen LogP contribution in [0.25, 0.3) is 0 Å². The summed E-state index contributed by atoms with van der Waals surface area (Å²) in [5, 5.41) is 0. The Morgan fingerprint density at radius 2 is 1.09 bits per heavy atom. The Morgan fingerprint density at radius 3 is 1.57 bits per heavy atom. The molecular weight excluding hydrogens is 481 g/mol. The van der Waals surface area contributed by atoms with Gasteiger partial charge < -0.3 is 9.96 Å². The third-order valence-electron chi connectivity index (χ3n) is 5.94. The number of rotatable bonds is 28. The molecule has 1 unspecified atom stereocenters. The topological polar surface area (TPSA) is 74.8 Å². The van der Waals surface area contributed by atoms with Gasteiger partial charge in [-0.05, 0) is 24.3 Å². The van der Waals surface area contributed by atoms with Crippen molar-refractivity contribution in [3.05, 3.63) is 0 Å². The van der Waals surface area contributed by atoms with E-state index in [0.29, 0.717) is 13.2 Å². The molecule has 0 bridgehead atoms. The van der Waals surface area contributed by atoms with Crippen molar-refractivity contribution >= 4 is 20.0 Å². The van der Waals surface area contributed by atoms with E-state index in [1.54, 1.807) is 0 Å². The van der Waals surface area contributed by atoms with Gasteiger partial charge in [0.05, 0.1) is 39.0 Å². The summed E-state index contributed by atoms with van der Waals surface area (Å²) in [6.07, 6.45) is 24.4. The lowest BCUT2D eigenvalue weighted by Crippen LogP contribution is -2.35. The summed E-state index contributed by atoms with van der Waals surface area (Å²) < 4.78 is 22.4. The van der Waals surface area contributed by atoms with Gasteiger partial charge in [0.1, 0.15) is 6.61 Å². The Morgan fingerprint density at radius 1 is 0.629 bits per heavy atom. The van der Waals surface area contributed by atoms with E-state index in [1.165, 1.54) is 108 Å². The molecule has 0 aliphatic rings. The molecule has 0 aromatic rings. The van der Waals surface area contributed by atoms with Crippen molar-refractivity contribution in [2.75, 3.05) is 52.4 Å². The number of unbranched alkanes of at least 4 members (excludes halogenated alkanes) is 15. The lowest BCUT2D eigenvalue weighted by atomic mass is 10.0. The monoisotopic (exact) mass is 540 g/mol. The lowest BCUT2D eigenvalue weighted by molar-refractivity contribution is -0.870. The van der Waals surface area contributed by atoms with Crippen molar-refractivity contribution in [1.29, 1.82) is 0 Å². The standard InChI is InChI=1S/C27H58NO4PS.H2O/c1-5-6-7-8-9-10-11-12-13-14-15-16-17-18-19-20-26-34-27-22-25-31-33(29)32-30-24-21-23-28(2,3)4;/h5-27H2,1-4H3;1H2/q+2;/p-1. The number of hydrogen-bond donors (Lipinski definition) is 0. The van der Waals surface area contributed by atoms with Crippen LogP contribution in [0.2, 0.25) is 0 Å². The van der Waals surface area contributed by atoms with Gasteiger partial charge in [-0.2, -0.15) is 16.6 Å². The van der Waals surface area contributed by atoms with Crippen LogP contribution in [0, 0.1) is 0 Å². The first-order valence-electron chi connectivity index (χ1n) is 14.2. The largest absolute Gasteiger partial charge is 0.870 e. The number of thioether (sulfide) groups is 1. The van der Waals surface area contributed by atoms with Crippen molar-refractivity contribution in [2.45, 2.75) is 122 Å². The van der Waals surface area contributed by atoms with Crippen LogP contribution in [0.5, 0.6) is 0 Å². The molecule has 0 spiro atoms. The van der Waals surface area contributed by atoms with Gasteiger partial charge in [0.2, 0.25) is 0 Å². The molecule has 8 heteroatoms. The summed E-state index contributed by atoms with van der Waals surface area (Å²) >= 11 is 1.97. The molecule has 212 valence electrons. The van der Waals surface area contributed by atoms with Crippen LogP contribution in [0.3, 0.4) is 0 Å². The van der Waals surface area contributed by atoms with Crippen LogP contribution in [0.4, 0.5) is 0 Å². The smallest absolute Gasteiger partial charge is 0.728 e. The van der Waals surface area contributed by atoms with Crippen LogP contribution >= 0.6 is 20.0 Å². The van der Waals surface area contributed by atoms with E-state index >= 15 is 0 Å². The van der Waals surface area contributed by atoms with Crippen molar-refractivity contribution in [3.63, 3.8) is 0 Å². The van der Waals surface area contributed by atoms with Crippen molar-refractivity contribution in [3.8, 4) is 0 Å². The quantitative estimate of drug-likeness (QED) is 0.0324. The maximum atomic E-state index is 11.6. The average molecular weight is 541 g/mol. The Labute approximate surface area is 223 Å². The maximum Gasteiger partial charge on any atom is 0.728 e. The van der Waals surface area contributed by atoms with Gasteiger partial charge >= 0.3 is 8.25 Å². The highest BCUT2D eigenvalue weighted by atomic mass is 32.2. The molecule has 0 radical (unpaired) electrons. The molecular formula is C27H59NO5PS+. The summed E-state index contributed by atoms with van der Waals surface area (Å²) in [6.45, 7) is 4.17. The Kier molecular flexibility index (Phi) is 30.8. The Balaban J connectivity index is 0. The lowest BCUT2D eigenvalue weighted by Gasteiger charge is -2.23. The zero-order chi connectivity index (χ0) is 25.2. The van der Waals surface area contributed by atoms with Gasteiger partial charge in [0.15, 0.2) is 0 Å². The van der Waals surface area contributed by atoms with Crippen LogP contribution in [0.1, 0.15) is 122 Å². The fourth-order valence-electron chi connectivity index (χ4n) is 3.85. The van der Waals surface area contributed by atoms with E-state index in [-0.39, 0.29) is 5.48 Å². The van der Waals surface area contributed by atoms with E-state index in [2.05, 4.69) is 28.1 Å². The van der Waals surface area contributed by atoms with Crippen molar-refractivity contribution in [1.82, 2.24) is 0 Å². The van der Waals surface area contributed by atoms with E-state index in [4.69, 9.17) is 14.1 Å². The van der Waals surface area contributed by atoms with Gasteiger partial charge in [0, 0.05) is 11.0 Å². The van der Waals surface area contributed by atoms with Gasteiger partial charge in [-0.1, -0.05) is 103 Å². The summed E-state index contributed by atoms with van der Waals surface area (Å²) in [5.41, 5.74) is 0. The van der Waals surface area contributed by atoms with E-state index in [0.717, 1.165) is 29.6 Å². The molecule has 35 heavy (non-hydrogen) atoms. The van der Waals surface area contributed by atoms with Gasteiger partial charge in [-0.25, -0.2) is 0 Å². The van der Waals surface area contributed by atoms with Crippen LogP contribution in [0.15, 0.2) is 0 Å². The molecule has 0 aromatic carbocycles. The SMILES string of the molecule is CCCCCCCCCCCCCCCCCCSCCCO[P+](=O)OOCCC[N+](C)(C)C.[OH-]. The highest BCUT2D eigenvalue weighted by Gasteiger charge is 2.21. The summed E-state index contributed by atoms with van der Waals surface area (Å²) in [7, 11) is 4.23. The zero-order valence-corrected chi connectivity index (χ0v) is 25.4. The van der Waals surface area contributed by atoms with E-state index in [1.807, 2.05) is 11.8 Å². The predicted octanol–water partition coefficient (Wildman–Crippen LogP) is 8.91. The molecule has 0 aliphatic carbocycles. The maximum absolute atomic E-state index is 11.6. The fourth-order valence-corrected chi connectivity index (χ4v) is 5.27. The predicted molar refractivity (Wildman–Crippen MR) is 152 cm³/mol. The first kappa shape index (κ1) is 37.4. The Hall–Kier alpha value is 0.250.